The predicted molar refractivity (Wildman–Crippen MR) is 115 cm³/mol. The smallest absolute Gasteiger partial charge is 0.191 e. The Morgan fingerprint density at radius 2 is 1.92 bits per heavy atom. The summed E-state index contributed by atoms with van der Waals surface area (Å²) in [5.41, 5.74) is 5.16. The molecule has 0 aliphatic heterocycles. The molecule has 0 fully saturated rings. The molecule has 1 aromatic heterocycles. The van der Waals surface area contributed by atoms with E-state index in [1.807, 2.05) is 6.92 Å². The van der Waals surface area contributed by atoms with Gasteiger partial charge in [0.2, 0.25) is 0 Å². The maximum absolute atomic E-state index is 4.54. The molecule has 2 N–H and O–H groups in total. The Kier molecular flexibility index (Phi) is 8.69. The molecule has 0 atom stereocenters. The maximum atomic E-state index is 4.54. The number of halogens is 1. The Morgan fingerprint density at radius 1 is 1.17 bits per heavy atom. The summed E-state index contributed by atoms with van der Waals surface area (Å²) in [6.07, 6.45) is 0.988. The minimum atomic E-state index is 0. The molecule has 0 spiro atoms. The van der Waals surface area contributed by atoms with Crippen molar-refractivity contribution in [1.29, 1.82) is 0 Å². The highest BCUT2D eigenvalue weighted by atomic mass is 127. The number of thiazole rings is 1. The monoisotopic (exact) mass is 458 g/mol. The fourth-order valence-corrected chi connectivity index (χ4v) is 3.31. The zero-order valence-electron chi connectivity index (χ0n) is 15.1. The van der Waals surface area contributed by atoms with Gasteiger partial charge in [0.05, 0.1) is 12.2 Å². The van der Waals surface area contributed by atoms with Gasteiger partial charge >= 0.3 is 0 Å². The number of hydrogen-bond acceptors (Lipinski definition) is 3. The molecule has 0 amide bonds. The van der Waals surface area contributed by atoms with Gasteiger partial charge in [-0.2, -0.15) is 0 Å². The van der Waals surface area contributed by atoms with E-state index >= 15 is 0 Å². The zero-order chi connectivity index (χ0) is 16.8. The highest BCUT2D eigenvalue weighted by Crippen LogP contribution is 2.15. The summed E-state index contributed by atoms with van der Waals surface area (Å²) in [5, 5.41) is 7.78. The first-order valence-corrected chi connectivity index (χ1v) is 8.75. The van der Waals surface area contributed by atoms with Crippen LogP contribution in [0.5, 0.6) is 0 Å². The van der Waals surface area contributed by atoms with Crippen LogP contribution in [0.15, 0.2) is 23.2 Å². The van der Waals surface area contributed by atoms with Gasteiger partial charge in [0.25, 0.3) is 0 Å². The van der Waals surface area contributed by atoms with Gasteiger partial charge in [-0.15, -0.1) is 35.3 Å². The van der Waals surface area contributed by atoms with Crippen molar-refractivity contribution in [2.75, 3.05) is 13.6 Å². The lowest BCUT2D eigenvalue weighted by Crippen LogP contribution is -2.37. The van der Waals surface area contributed by atoms with Crippen LogP contribution < -0.4 is 10.6 Å². The van der Waals surface area contributed by atoms with Gasteiger partial charge in [0.15, 0.2) is 5.96 Å². The fourth-order valence-electron chi connectivity index (χ4n) is 2.44. The number of nitrogens with one attached hydrogen (secondary N) is 2. The van der Waals surface area contributed by atoms with Gasteiger partial charge in [-0.1, -0.05) is 23.8 Å². The normalized spacial score (nSPS) is 11.1. The molecule has 6 heteroatoms. The number of nitrogens with zero attached hydrogens (tertiary/aromatic N) is 2. The van der Waals surface area contributed by atoms with Crippen LogP contribution in [0.25, 0.3) is 0 Å². The number of guanidine groups is 1. The molecule has 0 saturated carbocycles. The Morgan fingerprint density at radius 3 is 2.50 bits per heavy atom. The molecule has 4 nitrogen and oxygen atoms in total. The quantitative estimate of drug-likeness (QED) is 0.406. The van der Waals surface area contributed by atoms with Crippen LogP contribution in [0.2, 0.25) is 0 Å². The lowest BCUT2D eigenvalue weighted by Gasteiger charge is -2.12. The van der Waals surface area contributed by atoms with Crippen LogP contribution in [0.3, 0.4) is 0 Å². The van der Waals surface area contributed by atoms with E-state index in [1.165, 1.54) is 21.6 Å². The minimum absolute atomic E-state index is 0. The van der Waals surface area contributed by atoms with E-state index in [0.29, 0.717) is 6.54 Å². The van der Waals surface area contributed by atoms with E-state index in [9.17, 15) is 0 Å². The predicted octanol–water partition coefficient (Wildman–Crippen LogP) is 3.90. The zero-order valence-corrected chi connectivity index (χ0v) is 18.2. The van der Waals surface area contributed by atoms with Crippen LogP contribution in [0.1, 0.15) is 32.3 Å². The summed E-state index contributed by atoms with van der Waals surface area (Å²) in [5.74, 6) is 0.820. The first-order valence-electron chi connectivity index (χ1n) is 7.93. The average molecular weight is 458 g/mol. The van der Waals surface area contributed by atoms with E-state index in [2.05, 4.69) is 59.6 Å². The Balaban J connectivity index is 0.00000288. The molecule has 2 rings (SSSR count). The third kappa shape index (κ3) is 6.05. The molecule has 0 unspecified atom stereocenters. The lowest BCUT2D eigenvalue weighted by atomic mass is 10.0. The van der Waals surface area contributed by atoms with Crippen molar-refractivity contribution in [2.45, 2.75) is 40.7 Å². The Bertz CT molecular complexity index is 675. The van der Waals surface area contributed by atoms with Gasteiger partial charge < -0.3 is 10.6 Å². The van der Waals surface area contributed by atoms with Crippen molar-refractivity contribution >= 4 is 41.3 Å². The van der Waals surface area contributed by atoms with Crippen molar-refractivity contribution in [3.8, 4) is 0 Å². The first-order chi connectivity index (χ1) is 11.0. The van der Waals surface area contributed by atoms with Gasteiger partial charge in [0, 0.05) is 18.5 Å². The van der Waals surface area contributed by atoms with E-state index in [1.54, 1.807) is 18.4 Å². The van der Waals surface area contributed by atoms with Crippen LogP contribution in [-0.2, 0) is 13.0 Å². The summed E-state index contributed by atoms with van der Waals surface area (Å²) in [7, 11) is 1.80. The number of aryl methyl sites for hydroxylation is 4. The molecule has 132 valence electrons. The van der Waals surface area contributed by atoms with Crippen molar-refractivity contribution in [3.63, 3.8) is 0 Å². The van der Waals surface area contributed by atoms with Gasteiger partial charge in [-0.25, -0.2) is 4.98 Å². The molecular formula is C18H27IN4S. The van der Waals surface area contributed by atoms with Gasteiger partial charge in [-0.05, 0) is 45.2 Å². The highest BCUT2D eigenvalue weighted by Gasteiger charge is 2.05. The van der Waals surface area contributed by atoms with Crippen LogP contribution in [0.4, 0.5) is 0 Å². The van der Waals surface area contributed by atoms with Crippen LogP contribution >= 0.6 is 35.3 Å². The number of aliphatic imine (C=N–C) groups is 1. The SMILES string of the molecule is CN=C(NCCc1ccc(C)cc1C)NCc1nc(C)c(C)s1.I. The van der Waals surface area contributed by atoms with Crippen LogP contribution in [0, 0.1) is 27.7 Å². The summed E-state index contributed by atoms with van der Waals surface area (Å²) in [4.78, 5) is 10.1. The number of aromatic nitrogens is 1. The summed E-state index contributed by atoms with van der Waals surface area (Å²) in [6.45, 7) is 10.0. The van der Waals surface area contributed by atoms with E-state index in [-0.39, 0.29) is 24.0 Å². The van der Waals surface area contributed by atoms with Gasteiger partial charge in [-0.3, -0.25) is 4.99 Å². The molecule has 0 saturated heterocycles. The Labute approximate surface area is 166 Å². The van der Waals surface area contributed by atoms with Crippen molar-refractivity contribution in [2.24, 2.45) is 4.99 Å². The first kappa shape index (κ1) is 20.9. The third-order valence-corrected chi connectivity index (χ3v) is 4.96. The topological polar surface area (TPSA) is 49.3 Å². The molecule has 0 aliphatic rings. The number of benzene rings is 1. The molecule has 0 aliphatic carbocycles. The third-order valence-electron chi connectivity index (χ3n) is 3.89. The maximum Gasteiger partial charge on any atom is 0.191 e. The summed E-state index contributed by atoms with van der Waals surface area (Å²) >= 11 is 1.73. The van der Waals surface area contributed by atoms with Gasteiger partial charge in [0.1, 0.15) is 5.01 Å². The summed E-state index contributed by atoms with van der Waals surface area (Å²) in [6, 6.07) is 6.61. The van der Waals surface area contributed by atoms with Crippen molar-refractivity contribution < 1.29 is 0 Å². The second-order valence-corrected chi connectivity index (χ2v) is 7.07. The summed E-state index contributed by atoms with van der Waals surface area (Å²) < 4.78 is 0. The number of hydrogen-bond donors (Lipinski definition) is 2. The average Bonchev–Trinajstić information content (AvgIpc) is 2.83. The fraction of sp³-hybridized carbons (Fsp3) is 0.444. The lowest BCUT2D eigenvalue weighted by molar-refractivity contribution is 0.788. The van der Waals surface area contributed by atoms with E-state index in [4.69, 9.17) is 0 Å². The minimum Gasteiger partial charge on any atom is -0.356 e. The molecule has 0 bridgehead atoms. The molecule has 24 heavy (non-hydrogen) atoms. The van der Waals surface area contributed by atoms with Crippen LogP contribution in [-0.4, -0.2) is 24.5 Å². The highest BCUT2D eigenvalue weighted by molar-refractivity contribution is 14.0. The van der Waals surface area contributed by atoms with E-state index in [0.717, 1.165) is 29.6 Å². The standard InChI is InChI=1S/C18H26N4S.HI/c1-12-6-7-16(13(2)10-12)8-9-20-18(19-5)21-11-17-22-14(3)15(4)23-17;/h6-7,10H,8-9,11H2,1-5H3,(H2,19,20,21);1H. The van der Waals surface area contributed by atoms with Crippen molar-refractivity contribution in [1.82, 2.24) is 15.6 Å². The molecule has 2 aromatic rings. The Hall–Kier alpha value is -1.15. The molecule has 1 aromatic carbocycles. The van der Waals surface area contributed by atoms with Crippen molar-refractivity contribution in [3.05, 3.63) is 50.5 Å². The van der Waals surface area contributed by atoms with E-state index < -0.39 is 0 Å². The molecular weight excluding hydrogens is 431 g/mol. The molecule has 0 radical (unpaired) electrons. The molecule has 1 heterocycles. The second-order valence-electron chi connectivity index (χ2n) is 5.78. The second kappa shape index (κ2) is 9.98. The number of rotatable bonds is 5. The largest absolute Gasteiger partial charge is 0.356 e.